The van der Waals surface area contributed by atoms with Crippen LogP contribution >= 0.6 is 0 Å². The number of rotatable bonds is 9. The molecule has 2 N–H and O–H groups in total. The van der Waals surface area contributed by atoms with E-state index in [-0.39, 0.29) is 12.2 Å². The van der Waals surface area contributed by atoms with Gasteiger partial charge in [0.1, 0.15) is 12.4 Å². The maximum Gasteiger partial charge on any atom is 0.329 e. The van der Waals surface area contributed by atoms with Crippen molar-refractivity contribution in [2.75, 3.05) is 6.54 Å². The molecule has 0 spiro atoms. The third kappa shape index (κ3) is 7.10. The lowest BCUT2D eigenvalue weighted by Crippen LogP contribution is -2.38. The molecule has 0 radical (unpaired) electrons. The lowest BCUT2D eigenvalue weighted by Gasteiger charge is -2.10. The molecule has 0 saturated carbocycles. The fraction of sp³-hybridized carbons (Fsp3) is 0.238. The van der Waals surface area contributed by atoms with E-state index in [4.69, 9.17) is 4.74 Å². The molecule has 152 valence electrons. The van der Waals surface area contributed by atoms with Crippen LogP contribution in [-0.4, -0.2) is 30.5 Å². The van der Waals surface area contributed by atoms with Crippen molar-refractivity contribution < 1.29 is 24.2 Å². The van der Waals surface area contributed by atoms with Gasteiger partial charge in [-0.15, -0.1) is 0 Å². The highest BCUT2D eigenvalue weighted by Crippen LogP contribution is 2.17. The molecule has 0 aliphatic rings. The molecule has 29 heavy (non-hydrogen) atoms. The number of aromatic carboxylic acids is 1. The van der Waals surface area contributed by atoms with E-state index in [1.807, 2.05) is 6.92 Å². The SMILES string of the molecule is CCCCNC(=O)C(=O)N/N=C\c1ccccc1OCc1ccc(C(=O)[O-])cc1. The number of carboxylic acid groups (broad SMARTS) is 1. The quantitative estimate of drug-likeness (QED) is 0.284. The third-order valence-corrected chi connectivity index (χ3v) is 3.89. The van der Waals surface area contributed by atoms with Crippen molar-refractivity contribution in [2.45, 2.75) is 26.4 Å². The van der Waals surface area contributed by atoms with Crippen LogP contribution in [0.2, 0.25) is 0 Å². The van der Waals surface area contributed by atoms with E-state index >= 15 is 0 Å². The number of nitrogens with one attached hydrogen (secondary N) is 2. The van der Waals surface area contributed by atoms with Crippen LogP contribution < -0.4 is 20.6 Å². The molecule has 0 aliphatic carbocycles. The largest absolute Gasteiger partial charge is 0.545 e. The summed E-state index contributed by atoms with van der Waals surface area (Å²) in [5.41, 5.74) is 3.65. The Labute approximate surface area is 168 Å². The Morgan fingerprint density at radius 3 is 2.48 bits per heavy atom. The van der Waals surface area contributed by atoms with E-state index in [0.29, 0.717) is 17.9 Å². The Bertz CT molecular complexity index is 878. The highest BCUT2D eigenvalue weighted by atomic mass is 16.5. The average molecular weight is 396 g/mol. The van der Waals surface area contributed by atoms with Crippen LogP contribution in [0, 0.1) is 0 Å². The third-order valence-electron chi connectivity index (χ3n) is 3.89. The Morgan fingerprint density at radius 1 is 1.07 bits per heavy atom. The number of carbonyl (C=O) groups excluding carboxylic acids is 3. The molecular weight excluding hydrogens is 374 g/mol. The Hall–Kier alpha value is -3.68. The van der Waals surface area contributed by atoms with E-state index < -0.39 is 17.8 Å². The molecule has 2 aromatic rings. The molecule has 0 bridgehead atoms. The van der Waals surface area contributed by atoms with Crippen LogP contribution in [-0.2, 0) is 16.2 Å². The molecular formula is C21H22N3O5-. The fourth-order valence-electron chi connectivity index (χ4n) is 2.29. The standard InChI is InChI=1S/C21H23N3O5/c1-2-3-12-22-19(25)20(26)24-23-13-17-6-4-5-7-18(17)29-14-15-8-10-16(11-9-15)21(27)28/h4-11,13H,2-3,12,14H2,1H3,(H,22,25)(H,24,26)(H,27,28)/p-1/b23-13-. The number of hydrazone groups is 1. The minimum absolute atomic E-state index is 0.0933. The second kappa shape index (κ2) is 11.2. The first-order valence-corrected chi connectivity index (χ1v) is 9.14. The van der Waals surface area contributed by atoms with Gasteiger partial charge in [-0.2, -0.15) is 5.10 Å². The van der Waals surface area contributed by atoms with Crippen molar-refractivity contribution in [1.82, 2.24) is 10.7 Å². The summed E-state index contributed by atoms with van der Waals surface area (Å²) in [7, 11) is 0. The van der Waals surface area contributed by atoms with E-state index in [2.05, 4.69) is 15.8 Å². The lowest BCUT2D eigenvalue weighted by molar-refractivity contribution is -0.255. The van der Waals surface area contributed by atoms with Gasteiger partial charge >= 0.3 is 11.8 Å². The van der Waals surface area contributed by atoms with Gasteiger partial charge in [0.05, 0.1) is 12.2 Å². The zero-order valence-corrected chi connectivity index (χ0v) is 16.0. The molecule has 8 nitrogen and oxygen atoms in total. The summed E-state index contributed by atoms with van der Waals surface area (Å²) in [5.74, 6) is -2.30. The number of hydrogen-bond acceptors (Lipinski definition) is 6. The summed E-state index contributed by atoms with van der Waals surface area (Å²) in [6.45, 7) is 2.63. The second-order valence-electron chi connectivity index (χ2n) is 6.12. The van der Waals surface area contributed by atoms with Gasteiger partial charge < -0.3 is 20.0 Å². The molecule has 2 rings (SSSR count). The molecule has 0 atom stereocenters. The summed E-state index contributed by atoms with van der Waals surface area (Å²) in [5, 5.41) is 17.1. The predicted octanol–water partition coefficient (Wildman–Crippen LogP) is 0.995. The number of para-hydroxylation sites is 1. The number of amides is 2. The Morgan fingerprint density at radius 2 is 1.79 bits per heavy atom. The summed E-state index contributed by atoms with van der Waals surface area (Å²) in [6.07, 6.45) is 3.09. The van der Waals surface area contributed by atoms with Gasteiger partial charge in [0, 0.05) is 12.1 Å². The lowest BCUT2D eigenvalue weighted by atomic mass is 10.1. The van der Waals surface area contributed by atoms with Crippen molar-refractivity contribution in [3.8, 4) is 5.75 Å². The molecule has 2 aromatic carbocycles. The molecule has 8 heteroatoms. The minimum atomic E-state index is -1.24. The number of hydrogen-bond donors (Lipinski definition) is 2. The van der Waals surface area contributed by atoms with Crippen molar-refractivity contribution >= 4 is 24.0 Å². The average Bonchev–Trinajstić information content (AvgIpc) is 2.73. The predicted molar refractivity (Wildman–Crippen MR) is 105 cm³/mol. The number of nitrogens with zero attached hydrogens (tertiary/aromatic N) is 1. The maximum atomic E-state index is 11.7. The first kappa shape index (κ1) is 21.6. The van der Waals surface area contributed by atoms with Crippen LogP contribution in [0.5, 0.6) is 5.75 Å². The summed E-state index contributed by atoms with van der Waals surface area (Å²) < 4.78 is 5.75. The van der Waals surface area contributed by atoms with Gasteiger partial charge in [-0.1, -0.05) is 49.7 Å². The molecule has 0 saturated heterocycles. The van der Waals surface area contributed by atoms with Gasteiger partial charge in [0.2, 0.25) is 0 Å². The van der Waals surface area contributed by atoms with Gasteiger partial charge in [-0.3, -0.25) is 9.59 Å². The normalized spacial score (nSPS) is 10.5. The number of benzene rings is 2. The maximum absolute atomic E-state index is 11.7. The molecule has 0 aromatic heterocycles. The van der Waals surface area contributed by atoms with Crippen LogP contribution in [0.3, 0.4) is 0 Å². The molecule has 0 unspecified atom stereocenters. The number of carbonyl (C=O) groups is 3. The van der Waals surface area contributed by atoms with Gasteiger partial charge in [0.25, 0.3) is 0 Å². The number of ether oxygens (including phenoxy) is 1. The minimum Gasteiger partial charge on any atom is -0.545 e. The van der Waals surface area contributed by atoms with E-state index in [9.17, 15) is 19.5 Å². The van der Waals surface area contributed by atoms with Crippen LogP contribution in [0.25, 0.3) is 0 Å². The Balaban J connectivity index is 1.92. The van der Waals surface area contributed by atoms with Crippen LogP contribution in [0.4, 0.5) is 0 Å². The summed E-state index contributed by atoms with van der Waals surface area (Å²) in [4.78, 5) is 34.1. The van der Waals surface area contributed by atoms with Crippen molar-refractivity contribution in [3.63, 3.8) is 0 Å². The Kier molecular flexibility index (Phi) is 8.37. The van der Waals surface area contributed by atoms with E-state index in [0.717, 1.165) is 18.4 Å². The number of carboxylic acids is 1. The van der Waals surface area contributed by atoms with Gasteiger partial charge in [-0.25, -0.2) is 5.43 Å². The molecule has 0 fully saturated rings. The second-order valence-corrected chi connectivity index (χ2v) is 6.12. The first-order valence-electron chi connectivity index (χ1n) is 9.14. The highest BCUT2D eigenvalue weighted by Gasteiger charge is 2.11. The molecule has 2 amide bonds. The number of unbranched alkanes of at least 4 members (excludes halogenated alkanes) is 1. The van der Waals surface area contributed by atoms with E-state index in [1.54, 1.807) is 36.4 Å². The molecule has 0 aliphatic heterocycles. The van der Waals surface area contributed by atoms with Crippen molar-refractivity contribution in [3.05, 3.63) is 65.2 Å². The topological polar surface area (TPSA) is 120 Å². The zero-order valence-electron chi connectivity index (χ0n) is 16.0. The fourth-order valence-corrected chi connectivity index (χ4v) is 2.29. The van der Waals surface area contributed by atoms with Gasteiger partial charge in [-0.05, 0) is 29.7 Å². The van der Waals surface area contributed by atoms with Crippen molar-refractivity contribution in [2.24, 2.45) is 5.10 Å². The van der Waals surface area contributed by atoms with Crippen molar-refractivity contribution in [1.29, 1.82) is 0 Å². The monoisotopic (exact) mass is 396 g/mol. The first-order chi connectivity index (χ1) is 14.0. The van der Waals surface area contributed by atoms with Crippen LogP contribution in [0.15, 0.2) is 53.6 Å². The van der Waals surface area contributed by atoms with Gasteiger partial charge in [0.15, 0.2) is 0 Å². The van der Waals surface area contributed by atoms with E-state index in [1.165, 1.54) is 18.3 Å². The van der Waals surface area contributed by atoms with Crippen LogP contribution in [0.1, 0.15) is 41.3 Å². The highest BCUT2D eigenvalue weighted by molar-refractivity contribution is 6.35. The zero-order chi connectivity index (χ0) is 21.1. The smallest absolute Gasteiger partial charge is 0.329 e. The summed E-state index contributed by atoms with van der Waals surface area (Å²) in [6, 6.07) is 13.2. The molecule has 0 heterocycles. The summed E-state index contributed by atoms with van der Waals surface area (Å²) >= 11 is 0.